The lowest BCUT2D eigenvalue weighted by Crippen LogP contribution is -2.51. The molecule has 1 aliphatic heterocycles. The fourth-order valence-corrected chi connectivity index (χ4v) is 3.17. The number of nitrogens with one attached hydrogen (secondary N) is 2. The van der Waals surface area contributed by atoms with Crippen LogP contribution in [0.2, 0.25) is 0 Å². The summed E-state index contributed by atoms with van der Waals surface area (Å²) >= 11 is 0. The van der Waals surface area contributed by atoms with E-state index in [2.05, 4.69) is 15.5 Å². The topological polar surface area (TPSA) is 61.4 Å². The third-order valence-corrected chi connectivity index (χ3v) is 4.79. The number of nitrogens with zero attached hydrogens (tertiary/aromatic N) is 1. The van der Waals surface area contributed by atoms with Crippen LogP contribution in [-0.4, -0.2) is 48.8 Å². The molecule has 1 atom stereocenters. The van der Waals surface area contributed by atoms with Crippen molar-refractivity contribution in [1.29, 1.82) is 0 Å². The molecule has 1 unspecified atom stereocenters. The van der Waals surface area contributed by atoms with Crippen molar-refractivity contribution in [3.8, 4) is 0 Å². The van der Waals surface area contributed by atoms with E-state index in [1.165, 1.54) is 0 Å². The van der Waals surface area contributed by atoms with Crippen LogP contribution in [0.1, 0.15) is 28.4 Å². The van der Waals surface area contributed by atoms with Gasteiger partial charge >= 0.3 is 0 Å². The van der Waals surface area contributed by atoms with Crippen molar-refractivity contribution in [2.45, 2.75) is 19.9 Å². The maximum atomic E-state index is 12.9. The van der Waals surface area contributed by atoms with E-state index in [0.29, 0.717) is 16.8 Å². The Morgan fingerprint density at radius 3 is 2.46 bits per heavy atom. The van der Waals surface area contributed by atoms with Gasteiger partial charge in [0.2, 0.25) is 5.91 Å². The number of hydrogen-bond acceptors (Lipinski definition) is 4. The van der Waals surface area contributed by atoms with Crippen molar-refractivity contribution in [1.82, 2.24) is 10.2 Å². The van der Waals surface area contributed by atoms with E-state index in [1.54, 1.807) is 12.1 Å². The molecule has 5 heteroatoms. The standard InChI is InChI=1S/C21H25N3O2/c1-15-8-9-19(18(14-15)20(25)17-6-4-3-5-7-17)23-21(26)16(2)24-12-10-22-11-13-24/h3-9,14,16,22H,10-13H2,1-2H3,(H,23,26). The summed E-state index contributed by atoms with van der Waals surface area (Å²) in [6.45, 7) is 7.32. The molecule has 0 bridgehead atoms. The van der Waals surface area contributed by atoms with Gasteiger partial charge in [0.05, 0.1) is 11.7 Å². The summed E-state index contributed by atoms with van der Waals surface area (Å²) in [5, 5.41) is 6.25. The first-order valence-corrected chi connectivity index (χ1v) is 9.02. The molecule has 0 aromatic heterocycles. The number of piperazine rings is 1. The Balaban J connectivity index is 1.81. The zero-order chi connectivity index (χ0) is 18.5. The monoisotopic (exact) mass is 351 g/mol. The molecular weight excluding hydrogens is 326 g/mol. The van der Waals surface area contributed by atoms with E-state index in [0.717, 1.165) is 31.7 Å². The molecule has 2 aromatic rings. The second kappa shape index (κ2) is 8.25. The molecule has 2 aromatic carbocycles. The maximum Gasteiger partial charge on any atom is 0.241 e. The van der Waals surface area contributed by atoms with Crippen LogP contribution in [0.25, 0.3) is 0 Å². The van der Waals surface area contributed by atoms with E-state index in [9.17, 15) is 9.59 Å². The summed E-state index contributed by atoms with van der Waals surface area (Å²) in [7, 11) is 0. The Morgan fingerprint density at radius 1 is 1.08 bits per heavy atom. The lowest BCUT2D eigenvalue weighted by molar-refractivity contribution is -0.120. The smallest absolute Gasteiger partial charge is 0.241 e. The minimum Gasteiger partial charge on any atom is -0.324 e. The molecule has 1 fully saturated rings. The minimum atomic E-state index is -0.238. The van der Waals surface area contributed by atoms with Gasteiger partial charge in [-0.2, -0.15) is 0 Å². The van der Waals surface area contributed by atoms with Crippen molar-refractivity contribution < 1.29 is 9.59 Å². The Labute approximate surface area is 154 Å². The number of ketones is 1. The number of hydrogen-bond donors (Lipinski definition) is 2. The Hall–Kier alpha value is -2.50. The number of anilines is 1. The summed E-state index contributed by atoms with van der Waals surface area (Å²) in [6.07, 6.45) is 0. The van der Waals surface area contributed by atoms with Crippen molar-refractivity contribution >= 4 is 17.4 Å². The van der Waals surface area contributed by atoms with Crippen LogP contribution < -0.4 is 10.6 Å². The number of aryl methyl sites for hydroxylation is 1. The second-order valence-electron chi connectivity index (χ2n) is 6.70. The highest BCUT2D eigenvalue weighted by Gasteiger charge is 2.24. The van der Waals surface area contributed by atoms with Crippen LogP contribution in [0.3, 0.4) is 0 Å². The van der Waals surface area contributed by atoms with Crippen molar-refractivity contribution in [2.24, 2.45) is 0 Å². The van der Waals surface area contributed by atoms with Gasteiger partial charge in [0, 0.05) is 37.3 Å². The minimum absolute atomic E-state index is 0.0839. The first kappa shape index (κ1) is 18.3. The molecule has 1 heterocycles. The van der Waals surface area contributed by atoms with E-state index >= 15 is 0 Å². The van der Waals surface area contributed by atoms with Crippen molar-refractivity contribution in [3.63, 3.8) is 0 Å². The van der Waals surface area contributed by atoms with Crippen LogP contribution in [0.4, 0.5) is 5.69 Å². The lowest BCUT2D eigenvalue weighted by Gasteiger charge is -2.32. The predicted molar refractivity (Wildman–Crippen MR) is 104 cm³/mol. The summed E-state index contributed by atoms with van der Waals surface area (Å²) in [5.41, 5.74) is 2.69. The molecule has 1 amide bonds. The van der Waals surface area contributed by atoms with E-state index in [1.807, 2.05) is 50.2 Å². The lowest BCUT2D eigenvalue weighted by atomic mass is 9.99. The summed E-state index contributed by atoms with van der Waals surface area (Å²) in [6, 6.07) is 14.5. The van der Waals surface area contributed by atoms with Gasteiger partial charge < -0.3 is 10.6 Å². The molecule has 1 aliphatic rings. The first-order valence-electron chi connectivity index (χ1n) is 9.02. The van der Waals surface area contributed by atoms with Crippen LogP contribution in [0.5, 0.6) is 0 Å². The largest absolute Gasteiger partial charge is 0.324 e. The van der Waals surface area contributed by atoms with Crippen LogP contribution in [-0.2, 0) is 4.79 Å². The van der Waals surface area contributed by atoms with E-state index in [-0.39, 0.29) is 17.7 Å². The number of benzene rings is 2. The van der Waals surface area contributed by atoms with Crippen molar-refractivity contribution in [3.05, 3.63) is 65.2 Å². The third kappa shape index (κ3) is 4.18. The molecule has 2 N–H and O–H groups in total. The molecular formula is C21H25N3O2. The quantitative estimate of drug-likeness (QED) is 0.813. The third-order valence-electron chi connectivity index (χ3n) is 4.79. The molecule has 0 radical (unpaired) electrons. The number of rotatable bonds is 5. The molecule has 0 aliphatic carbocycles. The fourth-order valence-electron chi connectivity index (χ4n) is 3.17. The first-order chi connectivity index (χ1) is 12.6. The van der Waals surface area contributed by atoms with E-state index < -0.39 is 0 Å². The molecule has 3 rings (SSSR count). The Bertz CT molecular complexity index is 783. The number of amides is 1. The van der Waals surface area contributed by atoms with Gasteiger partial charge in [-0.25, -0.2) is 0 Å². The average Bonchev–Trinajstić information content (AvgIpc) is 2.69. The normalized spacial score (nSPS) is 16.1. The molecule has 0 spiro atoms. The predicted octanol–water partition coefficient (Wildman–Crippen LogP) is 2.46. The highest BCUT2D eigenvalue weighted by atomic mass is 16.2. The highest BCUT2D eigenvalue weighted by molar-refractivity contribution is 6.14. The summed E-state index contributed by atoms with van der Waals surface area (Å²) in [5.74, 6) is -0.169. The molecule has 0 saturated carbocycles. The number of carbonyl (C=O) groups is 2. The van der Waals surface area contributed by atoms with Crippen LogP contribution in [0, 0.1) is 6.92 Å². The Morgan fingerprint density at radius 2 is 1.77 bits per heavy atom. The highest BCUT2D eigenvalue weighted by Crippen LogP contribution is 2.22. The van der Waals surface area contributed by atoms with Gasteiger partial charge in [0.1, 0.15) is 0 Å². The zero-order valence-corrected chi connectivity index (χ0v) is 15.3. The molecule has 136 valence electrons. The van der Waals surface area contributed by atoms with Crippen molar-refractivity contribution in [2.75, 3.05) is 31.5 Å². The SMILES string of the molecule is Cc1ccc(NC(=O)C(C)N2CCNCC2)c(C(=O)c2ccccc2)c1. The maximum absolute atomic E-state index is 12.9. The van der Waals surface area contributed by atoms with Gasteiger partial charge in [-0.1, -0.05) is 42.0 Å². The zero-order valence-electron chi connectivity index (χ0n) is 15.3. The summed E-state index contributed by atoms with van der Waals surface area (Å²) in [4.78, 5) is 27.8. The fraction of sp³-hybridized carbons (Fsp3) is 0.333. The molecule has 5 nitrogen and oxygen atoms in total. The van der Waals surface area contributed by atoms with Gasteiger partial charge in [0.25, 0.3) is 0 Å². The van der Waals surface area contributed by atoms with Gasteiger partial charge in [-0.15, -0.1) is 0 Å². The number of carbonyl (C=O) groups excluding carboxylic acids is 2. The Kier molecular flexibility index (Phi) is 5.81. The van der Waals surface area contributed by atoms with E-state index in [4.69, 9.17) is 0 Å². The van der Waals surface area contributed by atoms with Gasteiger partial charge in [-0.3, -0.25) is 14.5 Å². The van der Waals surface area contributed by atoms with Crippen LogP contribution in [0.15, 0.2) is 48.5 Å². The molecule has 1 saturated heterocycles. The van der Waals surface area contributed by atoms with Crippen LogP contribution >= 0.6 is 0 Å². The molecule has 26 heavy (non-hydrogen) atoms. The average molecular weight is 351 g/mol. The summed E-state index contributed by atoms with van der Waals surface area (Å²) < 4.78 is 0. The second-order valence-corrected chi connectivity index (χ2v) is 6.70. The van der Waals surface area contributed by atoms with Gasteiger partial charge in [-0.05, 0) is 26.0 Å². The van der Waals surface area contributed by atoms with Gasteiger partial charge in [0.15, 0.2) is 5.78 Å².